The lowest BCUT2D eigenvalue weighted by atomic mass is 10.4. The summed E-state index contributed by atoms with van der Waals surface area (Å²) in [5.41, 5.74) is -0.334. The average Bonchev–Trinajstić information content (AvgIpc) is 2.01. The normalized spacial score (nSPS) is 10.8. The van der Waals surface area contributed by atoms with Crippen molar-refractivity contribution in [1.82, 2.24) is 4.98 Å². The van der Waals surface area contributed by atoms with Gasteiger partial charge in [-0.25, -0.2) is 13.4 Å². The van der Waals surface area contributed by atoms with Crippen LogP contribution in [0.3, 0.4) is 0 Å². The van der Waals surface area contributed by atoms with E-state index >= 15 is 0 Å². The van der Waals surface area contributed by atoms with Crippen LogP contribution in [-0.4, -0.2) is 13.4 Å². The lowest BCUT2D eigenvalue weighted by Gasteiger charge is -1.95. The summed E-state index contributed by atoms with van der Waals surface area (Å²) in [6.45, 7) is 0. The van der Waals surface area contributed by atoms with E-state index in [9.17, 15) is 12.8 Å². The average molecular weight is 221 g/mol. The van der Waals surface area contributed by atoms with Gasteiger partial charge in [0.15, 0.2) is 0 Å². The standard InChI is InChI=1S/C6H2ClFN2O2S/c7-13(11,12)5-1-4(3-9)10-6(8)2-5/h1-2H. The summed E-state index contributed by atoms with van der Waals surface area (Å²) in [7, 11) is 0.911. The number of halogens is 2. The van der Waals surface area contributed by atoms with Gasteiger partial charge in [0, 0.05) is 16.7 Å². The number of pyridine rings is 1. The van der Waals surface area contributed by atoms with E-state index in [-0.39, 0.29) is 5.69 Å². The molecule has 0 N–H and O–H groups in total. The summed E-state index contributed by atoms with van der Waals surface area (Å²) in [4.78, 5) is 2.64. The van der Waals surface area contributed by atoms with E-state index in [1.54, 1.807) is 0 Å². The topological polar surface area (TPSA) is 70.8 Å². The molecule has 0 bridgehead atoms. The summed E-state index contributed by atoms with van der Waals surface area (Å²) in [6.07, 6.45) is 0. The summed E-state index contributed by atoms with van der Waals surface area (Å²) < 4.78 is 34.0. The first kappa shape index (κ1) is 9.89. The zero-order valence-corrected chi connectivity index (χ0v) is 7.60. The number of hydrogen-bond donors (Lipinski definition) is 0. The molecule has 0 saturated carbocycles. The van der Waals surface area contributed by atoms with E-state index in [1.165, 1.54) is 6.07 Å². The highest BCUT2D eigenvalue weighted by Crippen LogP contribution is 2.15. The maximum Gasteiger partial charge on any atom is 0.261 e. The van der Waals surface area contributed by atoms with Gasteiger partial charge in [0.05, 0.1) is 4.90 Å². The third-order valence-electron chi connectivity index (χ3n) is 1.16. The largest absolute Gasteiger partial charge is 0.261 e. The molecule has 1 rings (SSSR count). The Labute approximate surface area is 78.0 Å². The van der Waals surface area contributed by atoms with Crippen molar-refractivity contribution in [3.05, 3.63) is 23.8 Å². The van der Waals surface area contributed by atoms with Gasteiger partial charge in [0.25, 0.3) is 9.05 Å². The van der Waals surface area contributed by atoms with Crippen LogP contribution in [0, 0.1) is 17.3 Å². The number of rotatable bonds is 1. The van der Waals surface area contributed by atoms with Crippen LogP contribution in [0.5, 0.6) is 0 Å². The number of nitrogens with zero attached hydrogens (tertiary/aromatic N) is 2. The molecule has 0 atom stereocenters. The van der Waals surface area contributed by atoms with Crippen molar-refractivity contribution in [2.45, 2.75) is 4.90 Å². The van der Waals surface area contributed by atoms with E-state index in [0.717, 1.165) is 6.07 Å². The zero-order valence-electron chi connectivity index (χ0n) is 6.03. The first-order chi connectivity index (χ1) is 5.93. The van der Waals surface area contributed by atoms with E-state index in [4.69, 9.17) is 15.9 Å². The summed E-state index contributed by atoms with van der Waals surface area (Å²) >= 11 is 0. The molecular formula is C6H2ClFN2O2S. The molecule has 0 saturated heterocycles. The Bertz CT molecular complexity index is 480. The zero-order chi connectivity index (χ0) is 10.1. The van der Waals surface area contributed by atoms with E-state index in [1.807, 2.05) is 0 Å². The molecule has 0 spiro atoms. The third kappa shape index (κ3) is 2.37. The predicted molar refractivity (Wildman–Crippen MR) is 41.9 cm³/mol. The molecule has 1 heterocycles. The van der Waals surface area contributed by atoms with Gasteiger partial charge in [0.1, 0.15) is 11.8 Å². The van der Waals surface area contributed by atoms with Gasteiger partial charge in [-0.15, -0.1) is 0 Å². The van der Waals surface area contributed by atoms with Crippen molar-refractivity contribution in [3.63, 3.8) is 0 Å². The number of aromatic nitrogens is 1. The molecule has 7 heteroatoms. The fraction of sp³-hybridized carbons (Fsp3) is 0. The van der Waals surface area contributed by atoms with Gasteiger partial charge in [-0.1, -0.05) is 0 Å². The number of nitriles is 1. The SMILES string of the molecule is N#Cc1cc(S(=O)(=O)Cl)cc(F)n1. The second kappa shape index (κ2) is 3.28. The Morgan fingerprint density at radius 3 is 2.62 bits per heavy atom. The van der Waals surface area contributed by atoms with Crippen LogP contribution in [0.2, 0.25) is 0 Å². The first-order valence-corrected chi connectivity index (χ1v) is 5.27. The van der Waals surface area contributed by atoms with Crippen LogP contribution < -0.4 is 0 Å². The monoisotopic (exact) mass is 220 g/mol. The summed E-state index contributed by atoms with van der Waals surface area (Å²) in [5.74, 6) is -1.06. The van der Waals surface area contributed by atoms with E-state index in [2.05, 4.69) is 4.98 Å². The van der Waals surface area contributed by atoms with Gasteiger partial charge in [0.2, 0.25) is 5.95 Å². The Morgan fingerprint density at radius 2 is 2.15 bits per heavy atom. The van der Waals surface area contributed by atoms with Crippen LogP contribution in [0.1, 0.15) is 5.69 Å². The van der Waals surface area contributed by atoms with Gasteiger partial charge in [-0.3, -0.25) is 0 Å². The highest BCUT2D eigenvalue weighted by molar-refractivity contribution is 8.13. The first-order valence-electron chi connectivity index (χ1n) is 2.96. The van der Waals surface area contributed by atoms with Crippen LogP contribution in [0.4, 0.5) is 4.39 Å². The molecule has 0 radical (unpaired) electrons. The smallest absolute Gasteiger partial charge is 0.209 e. The van der Waals surface area contributed by atoms with E-state index in [0.29, 0.717) is 6.07 Å². The molecule has 68 valence electrons. The van der Waals surface area contributed by atoms with Gasteiger partial charge < -0.3 is 0 Å². The maximum absolute atomic E-state index is 12.6. The second-order valence-corrected chi connectivity index (χ2v) is 4.63. The minimum absolute atomic E-state index is 0.334. The van der Waals surface area contributed by atoms with Crippen LogP contribution in [-0.2, 0) is 9.05 Å². The molecule has 0 unspecified atom stereocenters. The molecule has 1 aromatic rings. The van der Waals surface area contributed by atoms with Crippen molar-refractivity contribution in [2.75, 3.05) is 0 Å². The Kier molecular flexibility index (Phi) is 2.50. The number of hydrogen-bond acceptors (Lipinski definition) is 4. The van der Waals surface area contributed by atoms with Crippen LogP contribution in [0.25, 0.3) is 0 Å². The minimum Gasteiger partial charge on any atom is -0.209 e. The molecule has 0 aliphatic rings. The fourth-order valence-corrected chi connectivity index (χ4v) is 1.43. The molecule has 0 aromatic carbocycles. The molecule has 0 aliphatic carbocycles. The predicted octanol–water partition coefficient (Wildman–Crippen LogP) is 1.02. The molecule has 0 amide bonds. The lowest BCUT2D eigenvalue weighted by molar-refractivity contribution is 0.573. The third-order valence-corrected chi connectivity index (χ3v) is 2.50. The van der Waals surface area contributed by atoms with Crippen LogP contribution in [0.15, 0.2) is 17.0 Å². The molecule has 13 heavy (non-hydrogen) atoms. The minimum atomic E-state index is -4.02. The molecule has 1 aromatic heterocycles. The van der Waals surface area contributed by atoms with Crippen LogP contribution >= 0.6 is 10.7 Å². The van der Waals surface area contributed by atoms with Crippen molar-refractivity contribution >= 4 is 19.7 Å². The van der Waals surface area contributed by atoms with Crippen molar-refractivity contribution in [3.8, 4) is 6.07 Å². The van der Waals surface area contributed by atoms with Gasteiger partial charge in [-0.05, 0) is 6.07 Å². The Hall–Kier alpha value is -1.19. The van der Waals surface area contributed by atoms with E-state index < -0.39 is 19.9 Å². The molecular weight excluding hydrogens is 219 g/mol. The Balaban J connectivity index is 3.44. The van der Waals surface area contributed by atoms with Gasteiger partial charge >= 0.3 is 0 Å². The van der Waals surface area contributed by atoms with Crippen molar-refractivity contribution in [2.24, 2.45) is 0 Å². The lowest BCUT2D eigenvalue weighted by Crippen LogP contribution is -1.96. The fourth-order valence-electron chi connectivity index (χ4n) is 0.671. The van der Waals surface area contributed by atoms with Crippen molar-refractivity contribution < 1.29 is 12.8 Å². The highest BCUT2D eigenvalue weighted by atomic mass is 35.7. The summed E-state index contributed by atoms with van der Waals surface area (Å²) in [5, 5.41) is 8.34. The molecule has 0 aliphatic heterocycles. The summed E-state index contributed by atoms with van der Waals surface area (Å²) in [6, 6.07) is 3.04. The highest BCUT2D eigenvalue weighted by Gasteiger charge is 2.13. The molecule has 4 nitrogen and oxygen atoms in total. The quantitative estimate of drug-likeness (QED) is 0.523. The van der Waals surface area contributed by atoms with Gasteiger partial charge in [-0.2, -0.15) is 9.65 Å². The maximum atomic E-state index is 12.6. The second-order valence-electron chi connectivity index (χ2n) is 2.06. The van der Waals surface area contributed by atoms with Crippen molar-refractivity contribution in [1.29, 1.82) is 5.26 Å². The molecule has 0 fully saturated rings. The Morgan fingerprint density at radius 1 is 1.54 bits per heavy atom.